The van der Waals surface area contributed by atoms with Crippen LogP contribution in [0.5, 0.6) is 11.5 Å². The van der Waals surface area contributed by atoms with E-state index >= 15 is 0 Å². The van der Waals surface area contributed by atoms with E-state index < -0.39 is 0 Å². The molecule has 3 rings (SSSR count). The van der Waals surface area contributed by atoms with Gasteiger partial charge in [-0.25, -0.2) is 0 Å². The number of halogens is 2. The van der Waals surface area contributed by atoms with Crippen LogP contribution in [0.3, 0.4) is 0 Å². The number of hydrogen-bond acceptors (Lipinski definition) is 3. The maximum absolute atomic E-state index is 12.6. The topological polar surface area (TPSA) is 35.5 Å². The first kappa shape index (κ1) is 14.4. The van der Waals surface area contributed by atoms with Crippen molar-refractivity contribution in [3.8, 4) is 11.5 Å². The molecule has 0 saturated carbocycles. The van der Waals surface area contributed by atoms with Crippen molar-refractivity contribution in [2.45, 2.75) is 6.42 Å². The summed E-state index contributed by atoms with van der Waals surface area (Å²) in [6, 6.07) is 10.4. The normalized spacial score (nSPS) is 13.6. The molecule has 0 N–H and O–H groups in total. The summed E-state index contributed by atoms with van der Waals surface area (Å²) in [5.74, 6) is 1.14. The molecule has 1 aliphatic rings. The van der Waals surface area contributed by atoms with Gasteiger partial charge in [-0.2, -0.15) is 0 Å². The molecule has 21 heavy (non-hydrogen) atoms. The molecule has 0 aromatic heterocycles. The highest BCUT2D eigenvalue weighted by Crippen LogP contribution is 2.36. The zero-order valence-corrected chi connectivity index (χ0v) is 13.4. The molecule has 3 nitrogen and oxygen atoms in total. The number of fused-ring (bicyclic) bond motifs is 1. The van der Waals surface area contributed by atoms with E-state index in [4.69, 9.17) is 21.1 Å². The molecule has 1 aliphatic heterocycles. The fourth-order valence-corrected chi connectivity index (χ4v) is 2.84. The molecule has 2 aromatic rings. The molecule has 0 amide bonds. The second-order valence-corrected chi connectivity index (χ2v) is 5.96. The zero-order chi connectivity index (χ0) is 14.8. The smallest absolute Gasteiger partial charge is 0.194 e. The first-order chi connectivity index (χ1) is 10.1. The molecule has 0 saturated heterocycles. The SMILES string of the molecule is O=C(c1cccc(Cl)c1)c1cc2c(cc1Br)OCCCO2. The predicted octanol–water partition coefficient (Wildman–Crippen LogP) is 4.49. The molecule has 0 atom stereocenters. The molecule has 1 heterocycles. The van der Waals surface area contributed by atoms with E-state index in [2.05, 4.69) is 15.9 Å². The van der Waals surface area contributed by atoms with Crippen molar-refractivity contribution in [3.63, 3.8) is 0 Å². The molecule has 0 spiro atoms. The average molecular weight is 368 g/mol. The van der Waals surface area contributed by atoms with Gasteiger partial charge in [-0.15, -0.1) is 0 Å². The number of ether oxygens (including phenoxy) is 2. The molecule has 0 unspecified atom stereocenters. The lowest BCUT2D eigenvalue weighted by atomic mass is 10.0. The maximum atomic E-state index is 12.6. The summed E-state index contributed by atoms with van der Waals surface area (Å²) >= 11 is 9.37. The van der Waals surface area contributed by atoms with Gasteiger partial charge in [0.1, 0.15) is 0 Å². The van der Waals surface area contributed by atoms with Crippen LogP contribution in [0.25, 0.3) is 0 Å². The monoisotopic (exact) mass is 366 g/mol. The minimum Gasteiger partial charge on any atom is -0.490 e. The maximum Gasteiger partial charge on any atom is 0.194 e. The van der Waals surface area contributed by atoms with Crippen LogP contribution >= 0.6 is 27.5 Å². The van der Waals surface area contributed by atoms with Crippen LogP contribution in [-0.4, -0.2) is 19.0 Å². The highest BCUT2D eigenvalue weighted by atomic mass is 79.9. The van der Waals surface area contributed by atoms with E-state index in [1.807, 2.05) is 0 Å². The lowest BCUT2D eigenvalue weighted by molar-refractivity contribution is 0.103. The quantitative estimate of drug-likeness (QED) is 0.733. The van der Waals surface area contributed by atoms with Crippen molar-refractivity contribution in [2.75, 3.05) is 13.2 Å². The lowest BCUT2D eigenvalue weighted by Gasteiger charge is -2.11. The van der Waals surface area contributed by atoms with Crippen LogP contribution in [0.15, 0.2) is 40.9 Å². The fourth-order valence-electron chi connectivity index (χ4n) is 2.14. The Morgan fingerprint density at radius 2 is 1.81 bits per heavy atom. The number of rotatable bonds is 2. The number of hydrogen-bond donors (Lipinski definition) is 0. The highest BCUT2D eigenvalue weighted by Gasteiger charge is 2.19. The standard InChI is InChI=1S/C16H12BrClO3/c17-13-9-15-14(20-5-2-6-21-15)8-12(13)16(19)10-3-1-4-11(18)7-10/h1,3-4,7-9H,2,5-6H2. The number of ketones is 1. The van der Waals surface area contributed by atoms with E-state index in [-0.39, 0.29) is 5.78 Å². The van der Waals surface area contributed by atoms with Crippen molar-refractivity contribution >= 4 is 33.3 Å². The van der Waals surface area contributed by atoms with E-state index in [9.17, 15) is 4.79 Å². The van der Waals surface area contributed by atoms with Gasteiger partial charge in [0.05, 0.1) is 13.2 Å². The Hall–Kier alpha value is -1.52. The van der Waals surface area contributed by atoms with Gasteiger partial charge < -0.3 is 9.47 Å². The summed E-state index contributed by atoms with van der Waals surface area (Å²) in [6.45, 7) is 1.19. The van der Waals surface area contributed by atoms with E-state index in [1.54, 1.807) is 36.4 Å². The number of carbonyl (C=O) groups excluding carboxylic acids is 1. The minimum absolute atomic E-state index is 0.111. The second-order valence-electron chi connectivity index (χ2n) is 4.67. The average Bonchev–Trinajstić information content (AvgIpc) is 2.70. The predicted molar refractivity (Wildman–Crippen MR) is 84.6 cm³/mol. The Morgan fingerprint density at radius 3 is 2.52 bits per heavy atom. The summed E-state index contributed by atoms with van der Waals surface area (Å²) < 4.78 is 11.9. The van der Waals surface area contributed by atoms with Crippen molar-refractivity contribution in [3.05, 3.63) is 57.0 Å². The largest absolute Gasteiger partial charge is 0.490 e. The molecule has 5 heteroatoms. The Labute approximate surface area is 136 Å². The van der Waals surface area contributed by atoms with Gasteiger partial charge >= 0.3 is 0 Å². The van der Waals surface area contributed by atoms with Crippen LogP contribution < -0.4 is 9.47 Å². The van der Waals surface area contributed by atoms with Crippen LogP contribution in [0.2, 0.25) is 5.02 Å². The third kappa shape index (κ3) is 3.06. The number of carbonyl (C=O) groups is 1. The Kier molecular flexibility index (Phi) is 4.17. The van der Waals surface area contributed by atoms with E-state index in [0.29, 0.717) is 45.3 Å². The van der Waals surface area contributed by atoms with Crippen molar-refractivity contribution in [1.29, 1.82) is 0 Å². The van der Waals surface area contributed by atoms with Crippen LogP contribution in [0.1, 0.15) is 22.3 Å². The second kappa shape index (κ2) is 6.08. The zero-order valence-electron chi connectivity index (χ0n) is 11.1. The van der Waals surface area contributed by atoms with Gasteiger partial charge in [-0.3, -0.25) is 4.79 Å². The van der Waals surface area contributed by atoms with Crippen LogP contribution in [0.4, 0.5) is 0 Å². The fraction of sp³-hybridized carbons (Fsp3) is 0.188. The molecule has 0 aliphatic carbocycles. The summed E-state index contributed by atoms with van der Waals surface area (Å²) in [4.78, 5) is 12.6. The molecule has 0 radical (unpaired) electrons. The van der Waals surface area contributed by atoms with E-state index in [0.717, 1.165) is 6.42 Å². The first-order valence-corrected chi connectivity index (χ1v) is 7.71. The van der Waals surface area contributed by atoms with Gasteiger partial charge in [0.15, 0.2) is 17.3 Å². The summed E-state index contributed by atoms with van der Waals surface area (Å²) in [6.07, 6.45) is 0.823. The van der Waals surface area contributed by atoms with Crippen molar-refractivity contribution in [2.24, 2.45) is 0 Å². The first-order valence-electron chi connectivity index (χ1n) is 6.54. The minimum atomic E-state index is -0.111. The van der Waals surface area contributed by atoms with Gasteiger partial charge in [-0.1, -0.05) is 23.7 Å². The molecule has 2 aromatic carbocycles. The van der Waals surface area contributed by atoms with Crippen LogP contribution in [-0.2, 0) is 0 Å². The summed E-state index contributed by atoms with van der Waals surface area (Å²) in [5, 5.41) is 0.534. The van der Waals surface area contributed by atoms with Crippen molar-refractivity contribution in [1.82, 2.24) is 0 Å². The van der Waals surface area contributed by atoms with Gasteiger partial charge in [-0.05, 0) is 40.2 Å². The van der Waals surface area contributed by atoms with Crippen molar-refractivity contribution < 1.29 is 14.3 Å². The van der Waals surface area contributed by atoms with Gasteiger partial charge in [0.2, 0.25) is 0 Å². The van der Waals surface area contributed by atoms with Gasteiger partial charge in [0.25, 0.3) is 0 Å². The van der Waals surface area contributed by atoms with Crippen LogP contribution in [0, 0.1) is 0 Å². The Balaban J connectivity index is 2.02. The van der Waals surface area contributed by atoms with E-state index in [1.165, 1.54) is 0 Å². The Morgan fingerprint density at radius 1 is 1.10 bits per heavy atom. The lowest BCUT2D eigenvalue weighted by Crippen LogP contribution is -2.04. The highest BCUT2D eigenvalue weighted by molar-refractivity contribution is 9.10. The summed E-state index contributed by atoms with van der Waals surface area (Å²) in [7, 11) is 0. The molecular weight excluding hydrogens is 356 g/mol. The molecule has 0 bridgehead atoms. The molecule has 0 fully saturated rings. The molecule has 108 valence electrons. The number of benzene rings is 2. The Bertz CT molecular complexity index is 700. The third-order valence-electron chi connectivity index (χ3n) is 3.17. The third-order valence-corrected chi connectivity index (χ3v) is 4.06. The molecular formula is C16H12BrClO3. The summed E-state index contributed by atoms with van der Waals surface area (Å²) in [5.41, 5.74) is 1.07. The van der Waals surface area contributed by atoms with Gasteiger partial charge in [0, 0.05) is 27.0 Å².